The van der Waals surface area contributed by atoms with Crippen LogP contribution in [0.25, 0.3) is 0 Å². The number of nitrogens with zero attached hydrogens (tertiary/aromatic N) is 1. The number of piperazine rings is 1. The molecule has 0 aromatic heterocycles. The Hall–Kier alpha value is -1.13. The summed E-state index contributed by atoms with van der Waals surface area (Å²) in [5, 5.41) is 3.57. The van der Waals surface area contributed by atoms with Crippen LogP contribution in [0.3, 0.4) is 0 Å². The van der Waals surface area contributed by atoms with E-state index in [4.69, 9.17) is 11.6 Å². The minimum absolute atomic E-state index is 0.0260. The van der Waals surface area contributed by atoms with Crippen molar-refractivity contribution in [2.45, 2.75) is 19.4 Å². The van der Waals surface area contributed by atoms with Crippen LogP contribution in [0.4, 0.5) is 4.39 Å². The van der Waals surface area contributed by atoms with Crippen LogP contribution in [0.1, 0.15) is 12.5 Å². The number of hydrogen-bond acceptors (Lipinski definition) is 2. The van der Waals surface area contributed by atoms with Gasteiger partial charge in [-0.2, -0.15) is 0 Å². The van der Waals surface area contributed by atoms with E-state index in [2.05, 4.69) is 5.32 Å². The second kappa shape index (κ2) is 5.67. The summed E-state index contributed by atoms with van der Waals surface area (Å²) < 4.78 is 13.6. The Labute approximate surface area is 111 Å². The number of rotatable bonds is 2. The molecule has 0 unspecified atom stereocenters. The highest BCUT2D eigenvalue weighted by molar-refractivity contribution is 6.31. The largest absolute Gasteiger partial charge is 0.340 e. The Kier molecular flexibility index (Phi) is 4.19. The molecule has 1 fully saturated rings. The van der Waals surface area contributed by atoms with Gasteiger partial charge in [-0.3, -0.25) is 4.79 Å². The summed E-state index contributed by atoms with van der Waals surface area (Å²) in [7, 11) is 0. The lowest BCUT2D eigenvalue weighted by Crippen LogP contribution is -2.51. The van der Waals surface area contributed by atoms with Gasteiger partial charge in [-0.15, -0.1) is 0 Å². The van der Waals surface area contributed by atoms with Crippen molar-refractivity contribution >= 4 is 17.5 Å². The lowest BCUT2D eigenvalue weighted by Gasteiger charge is -2.32. The standard InChI is InChI=1S/C13H16ClFN2O/c1-9-8-17(6-5-16-9)13(18)7-10-11(14)3-2-4-12(10)15/h2-4,9,16H,5-8H2,1H3/t9-/m1/s1. The molecule has 5 heteroatoms. The van der Waals surface area contributed by atoms with Crippen molar-refractivity contribution in [3.8, 4) is 0 Å². The molecule has 1 aromatic rings. The molecule has 0 bridgehead atoms. The van der Waals surface area contributed by atoms with Crippen molar-refractivity contribution in [3.63, 3.8) is 0 Å². The van der Waals surface area contributed by atoms with Crippen LogP contribution in [0, 0.1) is 5.82 Å². The Bertz CT molecular complexity index is 432. The molecular weight excluding hydrogens is 255 g/mol. The van der Waals surface area contributed by atoms with Crippen molar-refractivity contribution in [2.24, 2.45) is 0 Å². The molecule has 1 N–H and O–H groups in total. The minimum atomic E-state index is -0.418. The SMILES string of the molecule is C[C@@H]1CN(C(=O)Cc2c(F)cccc2Cl)CCN1. The molecule has 18 heavy (non-hydrogen) atoms. The summed E-state index contributed by atoms with van der Waals surface area (Å²) >= 11 is 5.92. The Morgan fingerprint density at radius 3 is 3.06 bits per heavy atom. The van der Waals surface area contributed by atoms with Gasteiger partial charge in [0.1, 0.15) is 5.82 Å². The van der Waals surface area contributed by atoms with E-state index in [0.717, 1.165) is 6.54 Å². The van der Waals surface area contributed by atoms with Gasteiger partial charge in [0.2, 0.25) is 5.91 Å². The highest BCUT2D eigenvalue weighted by atomic mass is 35.5. The van der Waals surface area contributed by atoms with E-state index < -0.39 is 5.82 Å². The van der Waals surface area contributed by atoms with Crippen LogP contribution < -0.4 is 5.32 Å². The smallest absolute Gasteiger partial charge is 0.227 e. The molecule has 1 aliphatic heterocycles. The lowest BCUT2D eigenvalue weighted by molar-refractivity contribution is -0.131. The van der Waals surface area contributed by atoms with Crippen LogP contribution in [-0.2, 0) is 11.2 Å². The zero-order valence-electron chi connectivity index (χ0n) is 10.2. The highest BCUT2D eigenvalue weighted by Gasteiger charge is 2.22. The molecule has 0 radical (unpaired) electrons. The van der Waals surface area contributed by atoms with Crippen molar-refractivity contribution in [3.05, 3.63) is 34.6 Å². The molecule has 98 valence electrons. The quantitative estimate of drug-likeness (QED) is 0.889. The fourth-order valence-electron chi connectivity index (χ4n) is 2.12. The molecule has 0 aliphatic carbocycles. The number of halogens is 2. The fourth-order valence-corrected chi connectivity index (χ4v) is 2.35. The predicted octanol–water partition coefficient (Wildman–Crippen LogP) is 1.84. The van der Waals surface area contributed by atoms with E-state index in [9.17, 15) is 9.18 Å². The zero-order valence-corrected chi connectivity index (χ0v) is 11.0. The van der Waals surface area contributed by atoms with Gasteiger partial charge < -0.3 is 10.2 Å². The van der Waals surface area contributed by atoms with Crippen LogP contribution in [-0.4, -0.2) is 36.5 Å². The Balaban J connectivity index is 2.07. The van der Waals surface area contributed by atoms with Crippen molar-refractivity contribution in [1.82, 2.24) is 10.2 Å². The molecule has 1 heterocycles. The van der Waals surface area contributed by atoms with Gasteiger partial charge in [-0.05, 0) is 19.1 Å². The summed E-state index contributed by atoms with van der Waals surface area (Å²) in [5.41, 5.74) is 0.287. The molecule has 1 atom stereocenters. The number of benzene rings is 1. The first-order chi connectivity index (χ1) is 8.58. The number of hydrogen-bond donors (Lipinski definition) is 1. The average molecular weight is 271 g/mol. The molecule has 1 aliphatic rings. The molecule has 2 rings (SSSR count). The molecule has 1 aromatic carbocycles. The van der Waals surface area contributed by atoms with Gasteiger partial charge in [0.15, 0.2) is 0 Å². The molecule has 0 saturated carbocycles. The minimum Gasteiger partial charge on any atom is -0.340 e. The van der Waals surface area contributed by atoms with Gasteiger partial charge in [-0.25, -0.2) is 4.39 Å². The second-order valence-electron chi connectivity index (χ2n) is 4.57. The maximum absolute atomic E-state index is 13.6. The first kappa shape index (κ1) is 13.3. The van der Waals surface area contributed by atoms with E-state index in [1.807, 2.05) is 6.92 Å². The molecular formula is C13H16ClFN2O. The first-order valence-electron chi connectivity index (χ1n) is 6.02. The van der Waals surface area contributed by atoms with Gasteiger partial charge in [-0.1, -0.05) is 17.7 Å². The summed E-state index contributed by atoms with van der Waals surface area (Å²) in [6, 6.07) is 4.75. The molecule has 3 nitrogen and oxygen atoms in total. The van der Waals surface area contributed by atoms with Crippen LogP contribution in [0.2, 0.25) is 5.02 Å². The van der Waals surface area contributed by atoms with E-state index in [1.165, 1.54) is 6.07 Å². The summed E-state index contributed by atoms with van der Waals surface area (Å²) in [6.45, 7) is 4.12. The van der Waals surface area contributed by atoms with Gasteiger partial charge in [0.05, 0.1) is 6.42 Å². The Morgan fingerprint density at radius 1 is 1.61 bits per heavy atom. The Morgan fingerprint density at radius 2 is 2.39 bits per heavy atom. The third-order valence-corrected chi connectivity index (χ3v) is 3.47. The van der Waals surface area contributed by atoms with E-state index in [1.54, 1.807) is 17.0 Å². The van der Waals surface area contributed by atoms with Crippen molar-refractivity contribution in [2.75, 3.05) is 19.6 Å². The third kappa shape index (κ3) is 3.00. The number of carbonyl (C=O) groups is 1. The van der Waals surface area contributed by atoms with E-state index in [-0.39, 0.29) is 23.9 Å². The van der Waals surface area contributed by atoms with Crippen LogP contribution in [0.5, 0.6) is 0 Å². The predicted molar refractivity (Wildman–Crippen MR) is 69.2 cm³/mol. The third-order valence-electron chi connectivity index (χ3n) is 3.11. The molecule has 1 amide bonds. The van der Waals surface area contributed by atoms with E-state index >= 15 is 0 Å². The topological polar surface area (TPSA) is 32.3 Å². The van der Waals surface area contributed by atoms with Gasteiger partial charge >= 0.3 is 0 Å². The van der Waals surface area contributed by atoms with Gasteiger partial charge in [0, 0.05) is 36.3 Å². The highest BCUT2D eigenvalue weighted by Crippen LogP contribution is 2.20. The van der Waals surface area contributed by atoms with Crippen molar-refractivity contribution in [1.29, 1.82) is 0 Å². The summed E-state index contributed by atoms with van der Waals surface area (Å²) in [4.78, 5) is 13.8. The summed E-state index contributed by atoms with van der Waals surface area (Å²) in [6.07, 6.45) is 0.0260. The van der Waals surface area contributed by atoms with E-state index in [0.29, 0.717) is 18.1 Å². The maximum Gasteiger partial charge on any atom is 0.227 e. The number of amides is 1. The van der Waals surface area contributed by atoms with Crippen LogP contribution in [0.15, 0.2) is 18.2 Å². The fraction of sp³-hybridized carbons (Fsp3) is 0.462. The average Bonchev–Trinajstić information content (AvgIpc) is 2.34. The van der Waals surface area contributed by atoms with Crippen LogP contribution >= 0.6 is 11.6 Å². The second-order valence-corrected chi connectivity index (χ2v) is 4.98. The van der Waals surface area contributed by atoms with Gasteiger partial charge in [0.25, 0.3) is 0 Å². The first-order valence-corrected chi connectivity index (χ1v) is 6.40. The lowest BCUT2D eigenvalue weighted by atomic mass is 10.1. The molecule has 0 spiro atoms. The number of nitrogens with one attached hydrogen (secondary N) is 1. The zero-order chi connectivity index (χ0) is 13.1. The van der Waals surface area contributed by atoms with Crippen molar-refractivity contribution < 1.29 is 9.18 Å². The maximum atomic E-state index is 13.6. The molecule has 1 saturated heterocycles. The monoisotopic (exact) mass is 270 g/mol. The number of carbonyl (C=O) groups excluding carboxylic acids is 1. The summed E-state index contributed by atoms with van der Waals surface area (Å²) in [5.74, 6) is -0.491. The normalized spacial score (nSPS) is 19.9.